The molecule has 0 aromatic heterocycles. The number of anilines is 2. The highest BCUT2D eigenvalue weighted by Gasteiger charge is 2.45. The molecule has 2 N–H and O–H groups in total. The summed E-state index contributed by atoms with van der Waals surface area (Å²) >= 11 is 0. The molecule has 1 heterocycles. The van der Waals surface area contributed by atoms with Crippen molar-refractivity contribution in [3.05, 3.63) is 24.3 Å². The fourth-order valence-corrected chi connectivity index (χ4v) is 2.27. The lowest BCUT2D eigenvalue weighted by molar-refractivity contribution is 0.0189. The van der Waals surface area contributed by atoms with Crippen LogP contribution in [0.25, 0.3) is 0 Å². The summed E-state index contributed by atoms with van der Waals surface area (Å²) in [6.07, 6.45) is -0.185. The maximum atomic E-state index is 13.4. The largest absolute Gasteiger partial charge is 0.397 e. The highest BCUT2D eigenvalue weighted by molar-refractivity contribution is 5.68. The van der Waals surface area contributed by atoms with Gasteiger partial charge in [0.2, 0.25) is 0 Å². The zero-order chi connectivity index (χ0) is 12.5. The Morgan fingerprint density at radius 1 is 1.47 bits per heavy atom. The van der Waals surface area contributed by atoms with Gasteiger partial charge in [-0.3, -0.25) is 0 Å². The van der Waals surface area contributed by atoms with Crippen molar-refractivity contribution >= 4 is 11.4 Å². The zero-order valence-electron chi connectivity index (χ0n) is 9.70. The molecule has 94 valence electrons. The van der Waals surface area contributed by atoms with E-state index in [4.69, 9.17) is 10.5 Å². The van der Waals surface area contributed by atoms with Crippen LogP contribution in [-0.2, 0) is 4.74 Å². The van der Waals surface area contributed by atoms with Gasteiger partial charge in [-0.1, -0.05) is 12.1 Å². The summed E-state index contributed by atoms with van der Waals surface area (Å²) in [5.41, 5.74) is 7.00. The third-order valence-electron chi connectivity index (χ3n) is 2.98. The number of benzene rings is 1. The van der Waals surface area contributed by atoms with Crippen molar-refractivity contribution in [2.45, 2.75) is 18.4 Å². The molecule has 0 saturated carbocycles. The van der Waals surface area contributed by atoms with E-state index < -0.39 is 5.92 Å². The molecule has 5 heteroatoms. The van der Waals surface area contributed by atoms with Gasteiger partial charge in [0.05, 0.1) is 30.6 Å². The fraction of sp³-hybridized carbons (Fsp3) is 0.500. The van der Waals surface area contributed by atoms with Gasteiger partial charge >= 0.3 is 0 Å². The molecule has 2 rings (SSSR count). The van der Waals surface area contributed by atoms with Crippen LogP contribution < -0.4 is 10.6 Å². The van der Waals surface area contributed by atoms with Crippen LogP contribution in [0.15, 0.2) is 24.3 Å². The summed E-state index contributed by atoms with van der Waals surface area (Å²) in [7, 11) is 1.52. The molecular formula is C12H16F2N2O. The maximum Gasteiger partial charge on any atom is 0.267 e. The Hall–Kier alpha value is -1.36. The molecule has 1 atom stereocenters. The Bertz CT molecular complexity index is 398. The van der Waals surface area contributed by atoms with Crippen LogP contribution in [0.1, 0.15) is 6.42 Å². The number of nitrogens with zero attached hydrogens (tertiary/aromatic N) is 1. The summed E-state index contributed by atoms with van der Waals surface area (Å²) < 4.78 is 31.9. The van der Waals surface area contributed by atoms with Gasteiger partial charge in [0.15, 0.2) is 0 Å². The average Bonchev–Trinajstić information content (AvgIpc) is 2.55. The van der Waals surface area contributed by atoms with Crippen LogP contribution in [0.2, 0.25) is 0 Å². The smallest absolute Gasteiger partial charge is 0.267 e. The SMILES string of the molecule is COC[C@H]1CC(F)(F)CN1c1ccccc1N. The standard InChI is InChI=1S/C12H16F2N2O/c1-17-7-9-6-12(13,14)8-16(9)11-5-3-2-4-10(11)15/h2-5,9H,6-8,15H2,1H3/t9-/m1/s1. The van der Waals surface area contributed by atoms with Crippen molar-refractivity contribution in [3.63, 3.8) is 0 Å². The number of methoxy groups -OCH3 is 1. The molecule has 1 saturated heterocycles. The number of alkyl halides is 2. The summed E-state index contributed by atoms with van der Waals surface area (Å²) in [4.78, 5) is 1.64. The highest BCUT2D eigenvalue weighted by Crippen LogP contribution is 2.37. The summed E-state index contributed by atoms with van der Waals surface area (Å²) in [5, 5.41) is 0. The van der Waals surface area contributed by atoms with Crippen LogP contribution >= 0.6 is 0 Å². The van der Waals surface area contributed by atoms with Gasteiger partial charge in [-0.05, 0) is 12.1 Å². The van der Waals surface area contributed by atoms with Gasteiger partial charge in [0.25, 0.3) is 5.92 Å². The predicted octanol–water partition coefficient (Wildman–Crippen LogP) is 2.13. The van der Waals surface area contributed by atoms with Gasteiger partial charge < -0.3 is 15.4 Å². The molecule has 0 spiro atoms. The van der Waals surface area contributed by atoms with E-state index in [2.05, 4.69) is 0 Å². The van der Waals surface area contributed by atoms with Gasteiger partial charge in [-0.2, -0.15) is 0 Å². The maximum absolute atomic E-state index is 13.4. The number of para-hydroxylation sites is 2. The molecular weight excluding hydrogens is 226 g/mol. The first-order valence-electron chi connectivity index (χ1n) is 5.51. The number of hydrogen-bond donors (Lipinski definition) is 1. The lowest BCUT2D eigenvalue weighted by atomic mass is 10.2. The molecule has 0 amide bonds. The molecule has 1 aromatic carbocycles. The van der Waals surface area contributed by atoms with E-state index in [1.807, 2.05) is 0 Å². The molecule has 17 heavy (non-hydrogen) atoms. The van der Waals surface area contributed by atoms with E-state index in [-0.39, 0.29) is 25.6 Å². The molecule has 0 radical (unpaired) electrons. The lowest BCUT2D eigenvalue weighted by Gasteiger charge is -2.26. The second-order valence-electron chi connectivity index (χ2n) is 4.36. The van der Waals surface area contributed by atoms with E-state index in [9.17, 15) is 8.78 Å². The van der Waals surface area contributed by atoms with Crippen LogP contribution in [0.4, 0.5) is 20.2 Å². The number of halogens is 2. The Morgan fingerprint density at radius 2 is 2.18 bits per heavy atom. The van der Waals surface area contributed by atoms with E-state index >= 15 is 0 Å². The lowest BCUT2D eigenvalue weighted by Crippen LogP contribution is -2.33. The van der Waals surface area contributed by atoms with Gasteiger partial charge in [0.1, 0.15) is 0 Å². The van der Waals surface area contributed by atoms with Crippen LogP contribution in [0, 0.1) is 0 Å². The summed E-state index contributed by atoms with van der Waals surface area (Å²) in [5.74, 6) is -2.68. The van der Waals surface area contributed by atoms with E-state index in [1.54, 1.807) is 29.2 Å². The minimum atomic E-state index is -2.68. The first-order valence-corrected chi connectivity index (χ1v) is 5.51. The molecule has 3 nitrogen and oxygen atoms in total. The van der Waals surface area contributed by atoms with Crippen LogP contribution in [0.5, 0.6) is 0 Å². The van der Waals surface area contributed by atoms with Crippen molar-refractivity contribution in [2.75, 3.05) is 30.9 Å². The number of rotatable bonds is 3. The predicted molar refractivity (Wildman–Crippen MR) is 63.4 cm³/mol. The Kier molecular flexibility index (Phi) is 3.19. The Balaban J connectivity index is 2.27. The molecule has 1 aromatic rings. The second-order valence-corrected chi connectivity index (χ2v) is 4.36. The first kappa shape index (κ1) is 12.1. The molecule has 0 unspecified atom stereocenters. The van der Waals surface area contributed by atoms with Crippen molar-refractivity contribution in [3.8, 4) is 0 Å². The topological polar surface area (TPSA) is 38.5 Å². The molecule has 1 aliphatic rings. The number of ether oxygens (including phenoxy) is 1. The van der Waals surface area contributed by atoms with E-state index in [0.29, 0.717) is 11.4 Å². The van der Waals surface area contributed by atoms with Gasteiger partial charge in [0, 0.05) is 13.5 Å². The molecule has 0 aliphatic carbocycles. The number of nitrogen functional groups attached to an aromatic ring is 1. The Labute approximate surface area is 99.2 Å². The van der Waals surface area contributed by atoms with Crippen LogP contribution in [-0.4, -0.2) is 32.2 Å². The minimum absolute atomic E-state index is 0.185. The van der Waals surface area contributed by atoms with Gasteiger partial charge in [-0.15, -0.1) is 0 Å². The van der Waals surface area contributed by atoms with Crippen molar-refractivity contribution in [1.29, 1.82) is 0 Å². The third kappa shape index (κ3) is 2.49. The average molecular weight is 242 g/mol. The summed E-state index contributed by atoms with van der Waals surface area (Å²) in [6.45, 7) is -0.0147. The van der Waals surface area contributed by atoms with E-state index in [1.165, 1.54) is 7.11 Å². The van der Waals surface area contributed by atoms with Crippen molar-refractivity contribution < 1.29 is 13.5 Å². The summed E-state index contributed by atoms with van der Waals surface area (Å²) in [6, 6.07) is 6.75. The van der Waals surface area contributed by atoms with E-state index in [0.717, 1.165) is 0 Å². The zero-order valence-corrected chi connectivity index (χ0v) is 9.70. The quantitative estimate of drug-likeness (QED) is 0.825. The molecule has 1 fully saturated rings. The Morgan fingerprint density at radius 3 is 2.82 bits per heavy atom. The molecule has 0 bridgehead atoms. The monoisotopic (exact) mass is 242 g/mol. The van der Waals surface area contributed by atoms with Crippen molar-refractivity contribution in [1.82, 2.24) is 0 Å². The number of nitrogens with two attached hydrogens (primary N) is 1. The first-order chi connectivity index (χ1) is 8.03. The third-order valence-corrected chi connectivity index (χ3v) is 2.98. The minimum Gasteiger partial charge on any atom is -0.397 e. The fourth-order valence-electron chi connectivity index (χ4n) is 2.27. The van der Waals surface area contributed by atoms with Crippen LogP contribution in [0.3, 0.4) is 0 Å². The second kappa shape index (κ2) is 4.49. The van der Waals surface area contributed by atoms with Crippen molar-refractivity contribution in [2.24, 2.45) is 0 Å². The molecule has 1 aliphatic heterocycles. The normalized spacial score (nSPS) is 23.0. The number of hydrogen-bond acceptors (Lipinski definition) is 3. The van der Waals surface area contributed by atoms with Gasteiger partial charge in [-0.25, -0.2) is 8.78 Å². The highest BCUT2D eigenvalue weighted by atomic mass is 19.3.